The Morgan fingerprint density at radius 1 is 0.977 bits per heavy atom. The summed E-state index contributed by atoms with van der Waals surface area (Å²) in [5, 5.41) is 0. The summed E-state index contributed by atoms with van der Waals surface area (Å²) in [4.78, 5) is 32.6. The number of carbonyl (C=O) groups excluding carboxylic acids is 1. The average molecular weight is 601 g/mol. The molecule has 3 aromatic carbocycles. The molecule has 0 amide bonds. The van der Waals surface area contributed by atoms with Crippen LogP contribution in [0.15, 0.2) is 117 Å². The number of esters is 1. The number of furan rings is 1. The molecule has 5 aromatic rings. The smallest absolute Gasteiger partial charge is 0.416 e. The SMILES string of the molecule is CCOC(=O)C1=C(c2ccccc2)N=c2s/c(=C\c3ccc(-c4cccc(C(F)(F)F)c4)o3)c(=O)n2[C@@H]1c1ccccc1. The Morgan fingerprint density at radius 3 is 2.37 bits per heavy atom. The number of fused-ring (bicyclic) bond motifs is 1. The van der Waals surface area contributed by atoms with Gasteiger partial charge >= 0.3 is 12.1 Å². The minimum Gasteiger partial charge on any atom is -0.463 e. The second-order valence-corrected chi connectivity index (χ2v) is 10.6. The Balaban J connectivity index is 1.51. The van der Waals surface area contributed by atoms with Crippen molar-refractivity contribution < 1.29 is 27.1 Å². The molecule has 0 N–H and O–H groups in total. The van der Waals surface area contributed by atoms with Crippen LogP contribution >= 0.6 is 11.3 Å². The number of benzene rings is 3. The maximum absolute atomic E-state index is 13.9. The summed E-state index contributed by atoms with van der Waals surface area (Å²) in [5.74, 6) is -0.0740. The lowest BCUT2D eigenvalue weighted by Crippen LogP contribution is -2.39. The predicted molar refractivity (Wildman–Crippen MR) is 157 cm³/mol. The van der Waals surface area contributed by atoms with E-state index in [-0.39, 0.29) is 33.8 Å². The van der Waals surface area contributed by atoms with Gasteiger partial charge in [0.15, 0.2) is 4.80 Å². The van der Waals surface area contributed by atoms with E-state index in [1.54, 1.807) is 19.1 Å². The van der Waals surface area contributed by atoms with Crippen LogP contribution in [0.25, 0.3) is 23.1 Å². The zero-order valence-corrected chi connectivity index (χ0v) is 23.5. The van der Waals surface area contributed by atoms with Crippen molar-refractivity contribution in [3.63, 3.8) is 0 Å². The lowest BCUT2D eigenvalue weighted by Gasteiger charge is -2.25. The lowest BCUT2D eigenvalue weighted by atomic mass is 9.93. The molecule has 1 atom stereocenters. The molecule has 6 nitrogen and oxygen atoms in total. The molecule has 3 heterocycles. The van der Waals surface area contributed by atoms with E-state index in [4.69, 9.17) is 14.1 Å². The molecule has 10 heteroatoms. The van der Waals surface area contributed by atoms with Crippen LogP contribution in [0.4, 0.5) is 13.2 Å². The molecule has 0 saturated heterocycles. The average Bonchev–Trinajstić information content (AvgIpc) is 3.61. The molecule has 0 radical (unpaired) electrons. The summed E-state index contributed by atoms with van der Waals surface area (Å²) in [6.45, 7) is 1.85. The Hall–Kier alpha value is -4.96. The number of aromatic nitrogens is 1. The van der Waals surface area contributed by atoms with E-state index in [1.165, 1.54) is 22.8 Å². The number of ether oxygens (including phenoxy) is 1. The summed E-state index contributed by atoms with van der Waals surface area (Å²) in [5.41, 5.74) is 1.11. The Kier molecular flexibility index (Phi) is 7.45. The number of alkyl halides is 3. The standard InChI is InChI=1S/C33H23F3N2O4S/c1-2-41-31(40)27-28(20-10-5-3-6-11-20)37-32-38(29(27)21-12-7-4-8-13-21)30(39)26(43-32)19-24-16-17-25(42-24)22-14-9-15-23(18-22)33(34,35)36/h3-19,29H,2H2,1H3/b26-19-/t29-/m1/s1. The van der Waals surface area contributed by atoms with Gasteiger partial charge in [-0.25, -0.2) is 9.79 Å². The summed E-state index contributed by atoms with van der Waals surface area (Å²) in [7, 11) is 0. The van der Waals surface area contributed by atoms with Crippen LogP contribution in [0.2, 0.25) is 0 Å². The predicted octanol–water partition coefficient (Wildman–Crippen LogP) is 6.21. The monoisotopic (exact) mass is 600 g/mol. The van der Waals surface area contributed by atoms with Gasteiger partial charge in [-0.15, -0.1) is 0 Å². The number of thiazole rings is 1. The van der Waals surface area contributed by atoms with Crippen molar-refractivity contribution in [2.75, 3.05) is 6.61 Å². The van der Waals surface area contributed by atoms with E-state index in [0.29, 0.717) is 21.6 Å². The third kappa shape index (κ3) is 5.49. The van der Waals surface area contributed by atoms with Crippen molar-refractivity contribution in [2.45, 2.75) is 19.1 Å². The highest BCUT2D eigenvalue weighted by Gasteiger charge is 2.35. The molecular formula is C33H23F3N2O4S. The van der Waals surface area contributed by atoms with Crippen LogP contribution in [-0.2, 0) is 15.7 Å². The van der Waals surface area contributed by atoms with Gasteiger partial charge in [-0.3, -0.25) is 9.36 Å². The van der Waals surface area contributed by atoms with Crippen LogP contribution in [0.1, 0.15) is 35.4 Å². The van der Waals surface area contributed by atoms with Crippen LogP contribution in [0.3, 0.4) is 0 Å². The number of halogens is 3. The van der Waals surface area contributed by atoms with Gasteiger partial charge in [-0.1, -0.05) is 84.1 Å². The minimum atomic E-state index is -4.49. The second-order valence-electron chi connectivity index (χ2n) is 9.62. The molecule has 0 fully saturated rings. The van der Waals surface area contributed by atoms with Gasteiger partial charge in [0.25, 0.3) is 5.56 Å². The molecule has 2 aromatic heterocycles. The van der Waals surface area contributed by atoms with E-state index in [1.807, 2.05) is 60.7 Å². The lowest BCUT2D eigenvalue weighted by molar-refractivity contribution is -0.139. The van der Waals surface area contributed by atoms with Crippen molar-refractivity contribution in [1.29, 1.82) is 0 Å². The summed E-state index contributed by atoms with van der Waals surface area (Å²) in [6, 6.07) is 25.6. The second kappa shape index (κ2) is 11.4. The van der Waals surface area contributed by atoms with Crippen molar-refractivity contribution >= 4 is 29.1 Å². The Bertz CT molecular complexity index is 2020. The maximum Gasteiger partial charge on any atom is 0.416 e. The maximum atomic E-state index is 13.9. The molecule has 0 unspecified atom stereocenters. The fourth-order valence-electron chi connectivity index (χ4n) is 4.95. The van der Waals surface area contributed by atoms with Gasteiger partial charge in [0.2, 0.25) is 0 Å². The number of rotatable bonds is 6. The van der Waals surface area contributed by atoms with Crippen molar-refractivity contribution in [3.8, 4) is 11.3 Å². The summed E-state index contributed by atoms with van der Waals surface area (Å²) < 4.78 is 52.7. The topological polar surface area (TPSA) is 73.8 Å². The van der Waals surface area contributed by atoms with Gasteiger partial charge in [0, 0.05) is 17.2 Å². The van der Waals surface area contributed by atoms with Gasteiger partial charge < -0.3 is 9.15 Å². The third-order valence-electron chi connectivity index (χ3n) is 6.86. The molecule has 0 bridgehead atoms. The molecule has 216 valence electrons. The van der Waals surface area contributed by atoms with Crippen molar-refractivity contribution in [3.05, 3.63) is 145 Å². The highest BCUT2D eigenvalue weighted by atomic mass is 32.1. The summed E-state index contributed by atoms with van der Waals surface area (Å²) in [6.07, 6.45) is -2.96. The number of hydrogen-bond acceptors (Lipinski definition) is 6. The van der Waals surface area contributed by atoms with Crippen molar-refractivity contribution in [2.24, 2.45) is 4.99 Å². The minimum absolute atomic E-state index is 0.142. The van der Waals surface area contributed by atoms with Gasteiger partial charge in [-0.05, 0) is 36.8 Å². The first-order valence-electron chi connectivity index (χ1n) is 13.4. The fourth-order valence-corrected chi connectivity index (χ4v) is 5.94. The zero-order chi connectivity index (χ0) is 30.1. The zero-order valence-electron chi connectivity index (χ0n) is 22.7. The van der Waals surface area contributed by atoms with E-state index in [0.717, 1.165) is 23.5 Å². The Morgan fingerprint density at radius 2 is 1.67 bits per heavy atom. The number of hydrogen-bond donors (Lipinski definition) is 0. The fraction of sp³-hybridized carbons (Fsp3) is 0.121. The van der Waals surface area contributed by atoms with Gasteiger partial charge in [0.1, 0.15) is 11.5 Å². The largest absolute Gasteiger partial charge is 0.463 e. The molecular weight excluding hydrogens is 577 g/mol. The first kappa shape index (κ1) is 28.2. The normalized spacial score (nSPS) is 15.3. The van der Waals surface area contributed by atoms with Crippen LogP contribution in [0.5, 0.6) is 0 Å². The molecule has 0 saturated carbocycles. The van der Waals surface area contributed by atoms with Crippen LogP contribution < -0.4 is 14.9 Å². The third-order valence-corrected chi connectivity index (χ3v) is 7.85. The van der Waals surface area contributed by atoms with Gasteiger partial charge in [0.05, 0.1) is 34.0 Å². The highest BCUT2D eigenvalue weighted by Crippen LogP contribution is 2.35. The van der Waals surface area contributed by atoms with Gasteiger partial charge in [-0.2, -0.15) is 13.2 Å². The van der Waals surface area contributed by atoms with Crippen LogP contribution in [-0.4, -0.2) is 17.1 Å². The molecule has 6 rings (SSSR count). The molecule has 0 spiro atoms. The molecule has 1 aliphatic heterocycles. The molecule has 0 aliphatic carbocycles. The van der Waals surface area contributed by atoms with Crippen LogP contribution in [0, 0.1) is 0 Å². The molecule has 1 aliphatic rings. The Labute approximate surface area is 247 Å². The van der Waals surface area contributed by atoms with E-state index in [9.17, 15) is 22.8 Å². The highest BCUT2D eigenvalue weighted by molar-refractivity contribution is 7.07. The molecule has 43 heavy (non-hydrogen) atoms. The first-order valence-corrected chi connectivity index (χ1v) is 14.2. The van der Waals surface area contributed by atoms with E-state index in [2.05, 4.69) is 0 Å². The number of nitrogens with zero attached hydrogens (tertiary/aromatic N) is 2. The van der Waals surface area contributed by atoms with E-state index < -0.39 is 29.3 Å². The first-order chi connectivity index (χ1) is 20.7. The van der Waals surface area contributed by atoms with E-state index >= 15 is 0 Å². The summed E-state index contributed by atoms with van der Waals surface area (Å²) >= 11 is 1.12. The van der Waals surface area contributed by atoms with Crippen molar-refractivity contribution in [1.82, 2.24) is 4.57 Å². The quantitative estimate of drug-likeness (QED) is 0.217. The number of carbonyl (C=O) groups is 1.